The standard InChI is InChI=1S/C17H25NO4/c1-12-8-18(9-13(2)22-12)10-16(20)11-21-17-6-4-15(5-7-17)14(3)19/h4-7,12-13,16,20H,8-11H2,1-3H3/p+1/t12-,13+,16-/m0/s1. The summed E-state index contributed by atoms with van der Waals surface area (Å²) in [7, 11) is 0. The number of ether oxygens (including phenoxy) is 2. The van der Waals surface area contributed by atoms with E-state index in [0.717, 1.165) is 13.1 Å². The number of hydrogen-bond donors (Lipinski definition) is 2. The Labute approximate surface area is 131 Å². The van der Waals surface area contributed by atoms with Crippen LogP contribution in [0.4, 0.5) is 0 Å². The number of benzene rings is 1. The molecule has 0 radical (unpaired) electrons. The van der Waals surface area contributed by atoms with Crippen molar-refractivity contribution >= 4 is 5.78 Å². The quantitative estimate of drug-likeness (QED) is 0.743. The van der Waals surface area contributed by atoms with E-state index < -0.39 is 6.10 Å². The Morgan fingerprint density at radius 3 is 2.45 bits per heavy atom. The van der Waals surface area contributed by atoms with Crippen LogP contribution in [0.2, 0.25) is 0 Å². The molecular weight excluding hydrogens is 282 g/mol. The van der Waals surface area contributed by atoms with E-state index in [1.54, 1.807) is 24.3 Å². The Kier molecular flexibility index (Phi) is 5.94. The first kappa shape index (κ1) is 16.9. The van der Waals surface area contributed by atoms with Gasteiger partial charge in [0.2, 0.25) is 0 Å². The largest absolute Gasteiger partial charge is 0.491 e. The number of Topliss-reactive ketones (excluding diaryl/α,β-unsaturated/α-hetero) is 1. The van der Waals surface area contributed by atoms with E-state index in [2.05, 4.69) is 13.8 Å². The van der Waals surface area contributed by atoms with Crippen molar-refractivity contribution in [3.05, 3.63) is 29.8 Å². The molecule has 1 aliphatic rings. The highest BCUT2D eigenvalue weighted by Gasteiger charge is 2.27. The SMILES string of the molecule is CC(=O)c1ccc(OC[C@@H](O)C[NH+]2C[C@@H](C)O[C@@H](C)C2)cc1. The van der Waals surface area contributed by atoms with Gasteiger partial charge in [0, 0.05) is 5.56 Å². The molecule has 1 fully saturated rings. The Morgan fingerprint density at radius 1 is 1.32 bits per heavy atom. The molecule has 22 heavy (non-hydrogen) atoms. The van der Waals surface area contributed by atoms with Gasteiger partial charge in [0.25, 0.3) is 0 Å². The second-order valence-electron chi connectivity index (χ2n) is 6.17. The number of nitrogens with one attached hydrogen (secondary N) is 1. The van der Waals surface area contributed by atoms with Crippen molar-refractivity contribution in [3.8, 4) is 5.75 Å². The fourth-order valence-electron chi connectivity index (χ4n) is 2.93. The van der Waals surface area contributed by atoms with Crippen LogP contribution in [0.5, 0.6) is 5.75 Å². The third-order valence-corrected chi connectivity index (χ3v) is 3.84. The lowest BCUT2D eigenvalue weighted by atomic mass is 10.1. The van der Waals surface area contributed by atoms with Gasteiger partial charge in [-0.3, -0.25) is 4.79 Å². The maximum atomic E-state index is 11.2. The van der Waals surface area contributed by atoms with Gasteiger partial charge in [-0.25, -0.2) is 0 Å². The van der Waals surface area contributed by atoms with Crippen molar-refractivity contribution in [1.29, 1.82) is 0 Å². The lowest BCUT2D eigenvalue weighted by Gasteiger charge is -2.33. The van der Waals surface area contributed by atoms with Gasteiger partial charge in [-0.2, -0.15) is 0 Å². The van der Waals surface area contributed by atoms with Crippen molar-refractivity contribution in [2.45, 2.75) is 39.1 Å². The van der Waals surface area contributed by atoms with Gasteiger partial charge in [0.15, 0.2) is 5.78 Å². The van der Waals surface area contributed by atoms with Crippen molar-refractivity contribution in [2.75, 3.05) is 26.2 Å². The lowest BCUT2D eigenvalue weighted by molar-refractivity contribution is -0.918. The molecule has 5 nitrogen and oxygen atoms in total. The predicted molar refractivity (Wildman–Crippen MR) is 83.5 cm³/mol. The monoisotopic (exact) mass is 308 g/mol. The number of aliphatic hydroxyl groups is 1. The summed E-state index contributed by atoms with van der Waals surface area (Å²) in [6, 6.07) is 6.99. The molecule has 0 amide bonds. The highest BCUT2D eigenvalue weighted by molar-refractivity contribution is 5.94. The fourth-order valence-corrected chi connectivity index (χ4v) is 2.93. The van der Waals surface area contributed by atoms with E-state index in [0.29, 0.717) is 17.9 Å². The van der Waals surface area contributed by atoms with Gasteiger partial charge < -0.3 is 19.5 Å². The van der Waals surface area contributed by atoms with E-state index in [1.807, 2.05) is 0 Å². The zero-order valence-corrected chi connectivity index (χ0v) is 13.5. The van der Waals surface area contributed by atoms with E-state index in [1.165, 1.54) is 11.8 Å². The van der Waals surface area contributed by atoms with Crippen LogP contribution in [0.15, 0.2) is 24.3 Å². The highest BCUT2D eigenvalue weighted by Crippen LogP contribution is 2.12. The average molecular weight is 308 g/mol. The molecule has 2 rings (SSSR count). The van der Waals surface area contributed by atoms with Crippen molar-refractivity contribution in [1.82, 2.24) is 0 Å². The number of hydrogen-bond acceptors (Lipinski definition) is 4. The molecule has 0 spiro atoms. The zero-order chi connectivity index (χ0) is 16.1. The molecule has 0 saturated carbocycles. The molecule has 122 valence electrons. The molecule has 1 unspecified atom stereocenters. The summed E-state index contributed by atoms with van der Waals surface area (Å²) in [5.41, 5.74) is 0.661. The summed E-state index contributed by atoms with van der Waals surface area (Å²) in [6.07, 6.45) is -0.0584. The summed E-state index contributed by atoms with van der Waals surface area (Å²) in [5, 5.41) is 10.1. The van der Waals surface area contributed by atoms with Gasteiger partial charge in [-0.15, -0.1) is 0 Å². The number of carbonyl (C=O) groups excluding carboxylic acids is 1. The minimum absolute atomic E-state index is 0.0331. The van der Waals surface area contributed by atoms with E-state index in [-0.39, 0.29) is 24.6 Å². The van der Waals surface area contributed by atoms with Gasteiger partial charge in [0.1, 0.15) is 50.3 Å². The van der Waals surface area contributed by atoms with Crippen LogP contribution in [-0.4, -0.2) is 55.4 Å². The molecule has 5 heteroatoms. The second kappa shape index (κ2) is 7.72. The highest BCUT2D eigenvalue weighted by atomic mass is 16.5. The molecule has 4 atom stereocenters. The number of aliphatic hydroxyl groups excluding tert-OH is 1. The van der Waals surface area contributed by atoms with Gasteiger partial charge in [-0.1, -0.05) is 0 Å². The normalized spacial score (nSPS) is 26.5. The van der Waals surface area contributed by atoms with Gasteiger partial charge in [0.05, 0.1) is 0 Å². The van der Waals surface area contributed by atoms with Crippen molar-refractivity contribution < 1.29 is 24.3 Å². The van der Waals surface area contributed by atoms with Crippen LogP contribution in [0.25, 0.3) is 0 Å². The van der Waals surface area contributed by atoms with Crippen LogP contribution in [0.3, 0.4) is 0 Å². The molecular formula is C17H26NO4+. The third kappa shape index (κ3) is 5.09. The Hall–Kier alpha value is -1.43. The Morgan fingerprint density at radius 2 is 1.91 bits per heavy atom. The van der Waals surface area contributed by atoms with E-state index in [9.17, 15) is 9.90 Å². The molecule has 1 aromatic rings. The topological polar surface area (TPSA) is 60.2 Å². The average Bonchev–Trinajstić information content (AvgIpc) is 2.44. The van der Waals surface area contributed by atoms with Gasteiger partial charge in [-0.05, 0) is 45.0 Å². The molecule has 0 aromatic heterocycles. The zero-order valence-electron chi connectivity index (χ0n) is 13.5. The number of carbonyl (C=O) groups is 1. The number of quaternary nitrogens is 1. The Balaban J connectivity index is 1.77. The smallest absolute Gasteiger partial charge is 0.159 e. The molecule has 0 aliphatic carbocycles. The maximum Gasteiger partial charge on any atom is 0.159 e. The summed E-state index contributed by atoms with van der Waals surface area (Å²) in [5.74, 6) is 0.702. The van der Waals surface area contributed by atoms with Crippen LogP contribution >= 0.6 is 0 Å². The van der Waals surface area contributed by atoms with Crippen molar-refractivity contribution in [2.24, 2.45) is 0 Å². The number of morpholine rings is 1. The van der Waals surface area contributed by atoms with Crippen LogP contribution in [-0.2, 0) is 4.74 Å². The number of rotatable bonds is 6. The van der Waals surface area contributed by atoms with Gasteiger partial charge >= 0.3 is 0 Å². The summed E-state index contributed by atoms with van der Waals surface area (Å²) < 4.78 is 11.3. The Bertz CT molecular complexity index is 478. The van der Waals surface area contributed by atoms with Crippen LogP contribution < -0.4 is 9.64 Å². The summed E-state index contributed by atoms with van der Waals surface area (Å²) >= 11 is 0. The minimum atomic E-state index is -0.514. The number of ketones is 1. The predicted octanol–water partition coefficient (Wildman–Crippen LogP) is 0.321. The molecule has 0 bridgehead atoms. The van der Waals surface area contributed by atoms with E-state index in [4.69, 9.17) is 9.47 Å². The van der Waals surface area contributed by atoms with E-state index >= 15 is 0 Å². The van der Waals surface area contributed by atoms with Crippen LogP contribution in [0, 0.1) is 0 Å². The first-order chi connectivity index (χ1) is 10.4. The molecule has 2 N–H and O–H groups in total. The molecule has 1 heterocycles. The minimum Gasteiger partial charge on any atom is -0.491 e. The molecule has 1 aromatic carbocycles. The fraction of sp³-hybridized carbons (Fsp3) is 0.588. The molecule has 1 aliphatic heterocycles. The molecule has 1 saturated heterocycles. The maximum absolute atomic E-state index is 11.2. The van der Waals surface area contributed by atoms with Crippen molar-refractivity contribution in [3.63, 3.8) is 0 Å². The summed E-state index contributed by atoms with van der Waals surface area (Å²) in [6.45, 7) is 8.40. The third-order valence-electron chi connectivity index (χ3n) is 3.84. The first-order valence-electron chi connectivity index (χ1n) is 7.85. The second-order valence-corrected chi connectivity index (χ2v) is 6.17. The summed E-state index contributed by atoms with van der Waals surface area (Å²) in [4.78, 5) is 12.5. The van der Waals surface area contributed by atoms with Crippen LogP contribution in [0.1, 0.15) is 31.1 Å². The first-order valence-corrected chi connectivity index (χ1v) is 7.85. The lowest BCUT2D eigenvalue weighted by Crippen LogP contribution is -3.16.